The third kappa shape index (κ3) is 2.44. The molecule has 0 aliphatic heterocycles. The zero-order chi connectivity index (χ0) is 13.9. The van der Waals surface area contributed by atoms with Crippen LogP contribution in [0.2, 0.25) is 0 Å². The molecule has 0 radical (unpaired) electrons. The first-order valence-electron chi connectivity index (χ1n) is 6.09. The molecule has 0 heterocycles. The maximum absolute atomic E-state index is 13.0. The average molecular weight is 262 g/mol. The summed E-state index contributed by atoms with van der Waals surface area (Å²) in [5.74, 6) is -0.401. The second kappa shape index (κ2) is 5.36. The molecule has 0 spiro atoms. The molecule has 0 amide bonds. The number of aliphatic hydroxyl groups is 1. The van der Waals surface area contributed by atoms with Crippen LogP contribution in [0.5, 0.6) is 0 Å². The highest BCUT2D eigenvalue weighted by atomic mass is 19.1. The Balaban J connectivity index is 2.55. The number of aliphatic hydroxyl groups excluding tert-OH is 1. The van der Waals surface area contributed by atoms with Crippen molar-refractivity contribution in [1.82, 2.24) is 0 Å². The summed E-state index contributed by atoms with van der Waals surface area (Å²) in [6.07, 6.45) is 4.25. The summed E-state index contributed by atoms with van der Waals surface area (Å²) in [5.41, 5.74) is -0.249. The molecule has 2 rings (SSSR count). The van der Waals surface area contributed by atoms with Crippen LogP contribution in [0, 0.1) is 5.82 Å². The van der Waals surface area contributed by atoms with Gasteiger partial charge in [0.2, 0.25) is 0 Å². The maximum Gasteiger partial charge on any atom is 0.156 e. The summed E-state index contributed by atoms with van der Waals surface area (Å²) in [5, 5.41) is 10.0. The van der Waals surface area contributed by atoms with Crippen molar-refractivity contribution in [2.45, 2.75) is 18.9 Å². The minimum Gasteiger partial charge on any atom is -0.508 e. The molecule has 1 aliphatic rings. The van der Waals surface area contributed by atoms with E-state index >= 15 is 0 Å². The lowest BCUT2D eigenvalue weighted by atomic mass is 9.82. The third-order valence-electron chi connectivity index (χ3n) is 3.10. The molecule has 0 bridgehead atoms. The van der Waals surface area contributed by atoms with Crippen LogP contribution in [-0.4, -0.2) is 23.6 Å². The number of hydrogen-bond acceptors (Lipinski definition) is 3. The molecule has 100 valence electrons. The van der Waals surface area contributed by atoms with Crippen LogP contribution in [0.1, 0.15) is 18.9 Å². The lowest BCUT2D eigenvalue weighted by Gasteiger charge is -2.32. The smallest absolute Gasteiger partial charge is 0.156 e. The van der Waals surface area contributed by atoms with Gasteiger partial charge >= 0.3 is 0 Å². The number of carbonyl (C=O) groups excluding carboxylic acids is 1. The summed E-state index contributed by atoms with van der Waals surface area (Å²) >= 11 is 0. The van der Waals surface area contributed by atoms with Gasteiger partial charge in [-0.1, -0.05) is 18.2 Å². The average Bonchev–Trinajstić information content (AvgIpc) is 2.41. The van der Waals surface area contributed by atoms with Gasteiger partial charge in [-0.25, -0.2) is 4.39 Å². The van der Waals surface area contributed by atoms with Gasteiger partial charge in [0, 0.05) is 18.6 Å². The van der Waals surface area contributed by atoms with Crippen molar-refractivity contribution in [3.8, 4) is 0 Å². The number of halogens is 1. The van der Waals surface area contributed by atoms with Crippen molar-refractivity contribution in [2.24, 2.45) is 0 Å². The fourth-order valence-corrected chi connectivity index (χ4v) is 2.29. The Morgan fingerprint density at radius 1 is 1.42 bits per heavy atom. The van der Waals surface area contributed by atoms with E-state index in [0.717, 1.165) is 0 Å². The second-order valence-electron chi connectivity index (χ2n) is 4.31. The normalized spacial score (nSPS) is 22.6. The van der Waals surface area contributed by atoms with Crippen LogP contribution < -0.4 is 0 Å². The van der Waals surface area contributed by atoms with E-state index in [1.54, 1.807) is 13.0 Å². The lowest BCUT2D eigenvalue weighted by molar-refractivity contribution is -0.123. The Bertz CT molecular complexity index is 531. The van der Waals surface area contributed by atoms with Gasteiger partial charge in [-0.15, -0.1) is 0 Å². The number of hydrogen-bond donors (Lipinski definition) is 1. The van der Waals surface area contributed by atoms with E-state index in [9.17, 15) is 14.3 Å². The summed E-state index contributed by atoms with van der Waals surface area (Å²) in [4.78, 5) is 11.5. The van der Waals surface area contributed by atoms with Crippen LogP contribution in [0.3, 0.4) is 0 Å². The van der Waals surface area contributed by atoms with Crippen molar-refractivity contribution in [3.63, 3.8) is 0 Å². The monoisotopic (exact) mass is 262 g/mol. The molecule has 1 aromatic carbocycles. The van der Waals surface area contributed by atoms with Gasteiger partial charge in [0.1, 0.15) is 11.6 Å². The molecule has 1 aliphatic carbocycles. The lowest BCUT2D eigenvalue weighted by Crippen LogP contribution is -2.37. The summed E-state index contributed by atoms with van der Waals surface area (Å²) in [6, 6.07) is 5.62. The van der Waals surface area contributed by atoms with Gasteiger partial charge in [0.25, 0.3) is 0 Å². The Kier molecular flexibility index (Phi) is 3.81. The Hall–Kier alpha value is -1.94. The summed E-state index contributed by atoms with van der Waals surface area (Å²) in [7, 11) is 0. The molecule has 1 unspecified atom stereocenters. The molecule has 0 saturated carbocycles. The van der Waals surface area contributed by atoms with Gasteiger partial charge < -0.3 is 9.84 Å². The quantitative estimate of drug-likeness (QED) is 0.848. The first-order valence-corrected chi connectivity index (χ1v) is 6.09. The van der Waals surface area contributed by atoms with E-state index < -0.39 is 5.60 Å². The number of benzene rings is 1. The maximum atomic E-state index is 13.0. The zero-order valence-electron chi connectivity index (χ0n) is 10.6. The highest BCUT2D eigenvalue weighted by molar-refractivity contribution is 5.91. The largest absolute Gasteiger partial charge is 0.508 e. The fraction of sp³-hybridized carbons (Fsp3) is 0.267. The van der Waals surface area contributed by atoms with Gasteiger partial charge in [0.15, 0.2) is 11.9 Å². The summed E-state index contributed by atoms with van der Waals surface area (Å²) in [6.45, 7) is 2.12. The Morgan fingerprint density at radius 2 is 2.11 bits per heavy atom. The van der Waals surface area contributed by atoms with Crippen LogP contribution in [0.4, 0.5) is 4.39 Å². The SMILES string of the molecule is CCOC1(C=O)CC=CC(O)=C1c1ccc(F)cc1. The van der Waals surface area contributed by atoms with Gasteiger partial charge in [0.05, 0.1) is 0 Å². The molecule has 1 atom stereocenters. The number of allylic oxidation sites excluding steroid dienone is 1. The number of aldehydes is 1. The van der Waals surface area contributed by atoms with Crippen LogP contribution in [-0.2, 0) is 9.53 Å². The molecule has 3 nitrogen and oxygen atoms in total. The molecular formula is C15H15FO3. The molecule has 4 heteroatoms. The zero-order valence-corrected chi connectivity index (χ0v) is 10.6. The second-order valence-corrected chi connectivity index (χ2v) is 4.31. The highest BCUT2D eigenvalue weighted by Crippen LogP contribution is 2.37. The third-order valence-corrected chi connectivity index (χ3v) is 3.10. The molecule has 0 fully saturated rings. The molecule has 19 heavy (non-hydrogen) atoms. The predicted octanol–water partition coefficient (Wildman–Crippen LogP) is 3.03. The molecule has 1 aromatic rings. The predicted molar refractivity (Wildman–Crippen MR) is 70.1 cm³/mol. The molecule has 0 aromatic heterocycles. The van der Waals surface area contributed by atoms with Crippen molar-refractivity contribution >= 4 is 11.9 Å². The molecule has 1 N–H and O–H groups in total. The summed E-state index contributed by atoms with van der Waals surface area (Å²) < 4.78 is 18.5. The van der Waals surface area contributed by atoms with E-state index in [4.69, 9.17) is 4.74 Å². The minimum atomic E-state index is -1.20. The van der Waals surface area contributed by atoms with Crippen LogP contribution in [0.25, 0.3) is 5.57 Å². The molecule has 0 saturated heterocycles. The van der Waals surface area contributed by atoms with Crippen molar-refractivity contribution in [2.75, 3.05) is 6.61 Å². The highest BCUT2D eigenvalue weighted by Gasteiger charge is 2.38. The van der Waals surface area contributed by atoms with Crippen LogP contribution >= 0.6 is 0 Å². The first-order chi connectivity index (χ1) is 9.13. The first kappa shape index (κ1) is 13.5. The van der Waals surface area contributed by atoms with E-state index in [1.165, 1.54) is 30.3 Å². The van der Waals surface area contributed by atoms with Gasteiger partial charge in [-0.2, -0.15) is 0 Å². The Morgan fingerprint density at radius 3 is 2.68 bits per heavy atom. The molecular weight excluding hydrogens is 247 g/mol. The number of carbonyl (C=O) groups is 1. The van der Waals surface area contributed by atoms with Crippen molar-refractivity contribution in [3.05, 3.63) is 53.6 Å². The fourth-order valence-electron chi connectivity index (χ4n) is 2.29. The van der Waals surface area contributed by atoms with Gasteiger partial charge in [-0.3, -0.25) is 4.79 Å². The van der Waals surface area contributed by atoms with E-state index in [2.05, 4.69) is 0 Å². The van der Waals surface area contributed by atoms with E-state index in [1.807, 2.05) is 0 Å². The van der Waals surface area contributed by atoms with E-state index in [-0.39, 0.29) is 11.6 Å². The number of ether oxygens (including phenoxy) is 1. The Labute approximate surface area is 111 Å². The van der Waals surface area contributed by atoms with Crippen molar-refractivity contribution in [1.29, 1.82) is 0 Å². The topological polar surface area (TPSA) is 46.5 Å². The van der Waals surface area contributed by atoms with Crippen molar-refractivity contribution < 1.29 is 19.0 Å². The number of rotatable bonds is 4. The standard InChI is InChI=1S/C15H15FO3/c1-2-19-15(10-17)9-3-4-13(18)14(15)11-5-7-12(16)8-6-11/h3-8,10,18H,2,9H2,1H3. The minimum absolute atomic E-state index is 0.0293. The van der Waals surface area contributed by atoms with E-state index in [0.29, 0.717) is 30.5 Å². The van der Waals surface area contributed by atoms with Crippen LogP contribution in [0.15, 0.2) is 42.2 Å². The van der Waals surface area contributed by atoms with Gasteiger partial charge in [-0.05, 0) is 30.7 Å².